The average molecular weight is 712 g/mol. The summed E-state index contributed by atoms with van der Waals surface area (Å²) in [6.07, 6.45) is 9.38. The predicted molar refractivity (Wildman–Crippen MR) is 223 cm³/mol. The molecule has 6 heteroatoms. The van der Waals surface area contributed by atoms with Crippen molar-refractivity contribution in [1.82, 2.24) is 19.1 Å². The number of ether oxygens (including phenoxy) is 1. The number of imidazole rings is 1. The highest BCUT2D eigenvalue weighted by atomic mass is 16.5. The largest absolute Gasteiger partial charge is 0.458 e. The van der Waals surface area contributed by atoms with Gasteiger partial charge in [0.2, 0.25) is 5.82 Å². The smallest absolute Gasteiger partial charge is 0.210 e. The topological polar surface area (TPSA) is 48.8 Å². The summed E-state index contributed by atoms with van der Waals surface area (Å²) in [7, 11) is 0. The standard InChI is InChI=1S/C49H37N5O/c1-49(2,3)33-25-26-50-47(29-33)54-45-22-11-9-19-41(45)42-24-23-36(31-46(42)54)55-35-14-12-13-34(30-35)53-32-52-28-27-51-48(52)43-20-7-6-17-39(43)37-15-4-5-16-38(37)40-18-8-10-21-44(40)53/h4-31H,1-3H3. The van der Waals surface area contributed by atoms with Gasteiger partial charge in [0.25, 0.3) is 0 Å². The van der Waals surface area contributed by atoms with Crippen LogP contribution in [-0.4, -0.2) is 19.1 Å². The monoisotopic (exact) mass is 711 g/mol. The second-order valence-corrected chi connectivity index (χ2v) is 14.9. The Hall–Kier alpha value is -7.05. The van der Waals surface area contributed by atoms with Crippen LogP contribution in [0.25, 0.3) is 71.6 Å². The number of para-hydroxylation sites is 2. The Morgan fingerprint density at radius 2 is 1.15 bits per heavy atom. The molecule has 264 valence electrons. The molecule has 0 N–H and O–H groups in total. The highest BCUT2D eigenvalue weighted by Crippen LogP contribution is 2.36. The van der Waals surface area contributed by atoms with Gasteiger partial charge in [0.15, 0.2) is 6.33 Å². The number of nitrogens with zero attached hydrogens (tertiary/aromatic N) is 5. The third-order valence-electron chi connectivity index (χ3n) is 10.5. The summed E-state index contributed by atoms with van der Waals surface area (Å²) < 4.78 is 13.0. The van der Waals surface area contributed by atoms with E-state index in [1.165, 1.54) is 10.9 Å². The normalized spacial score (nSPS) is 11.9. The minimum atomic E-state index is -0.0106. The molecule has 0 saturated heterocycles. The summed E-state index contributed by atoms with van der Waals surface area (Å²) in [6, 6.07) is 52.9. The zero-order valence-electron chi connectivity index (χ0n) is 30.8. The van der Waals surface area contributed by atoms with Gasteiger partial charge in [-0.15, -0.1) is 0 Å². The van der Waals surface area contributed by atoms with Crippen LogP contribution in [0, 0.1) is 6.33 Å². The summed E-state index contributed by atoms with van der Waals surface area (Å²) >= 11 is 0. The van der Waals surface area contributed by atoms with Crippen molar-refractivity contribution in [1.29, 1.82) is 0 Å². The Balaban J connectivity index is 1.15. The van der Waals surface area contributed by atoms with Crippen LogP contribution in [0.4, 0.5) is 0 Å². The summed E-state index contributed by atoms with van der Waals surface area (Å²) in [6.45, 7) is 6.69. The van der Waals surface area contributed by atoms with Gasteiger partial charge < -0.3 is 9.30 Å². The molecule has 10 rings (SSSR count). The molecule has 0 radical (unpaired) electrons. The molecule has 8 aromatic rings. The van der Waals surface area contributed by atoms with E-state index in [0.717, 1.165) is 71.9 Å². The molecule has 55 heavy (non-hydrogen) atoms. The molecule has 0 bridgehead atoms. The Labute approximate surface area is 318 Å². The molecule has 0 spiro atoms. The molecule has 6 aromatic carbocycles. The Morgan fingerprint density at radius 1 is 0.527 bits per heavy atom. The van der Waals surface area contributed by atoms with Crippen molar-refractivity contribution in [3.05, 3.63) is 182 Å². The first-order chi connectivity index (χ1) is 26.9. The summed E-state index contributed by atoms with van der Waals surface area (Å²) in [5, 5.41) is 7.86. The van der Waals surface area contributed by atoms with E-state index in [1.807, 2.05) is 41.4 Å². The van der Waals surface area contributed by atoms with Gasteiger partial charge in [-0.05, 0) is 75.0 Å². The summed E-state index contributed by atoms with van der Waals surface area (Å²) in [5.74, 6) is 3.14. The van der Waals surface area contributed by atoms with E-state index in [2.05, 4.69) is 170 Å². The number of benzene rings is 6. The van der Waals surface area contributed by atoms with Gasteiger partial charge in [-0.2, -0.15) is 4.98 Å². The fourth-order valence-corrected chi connectivity index (χ4v) is 7.79. The molecule has 0 fully saturated rings. The first-order valence-electron chi connectivity index (χ1n) is 18.6. The Kier molecular flexibility index (Phi) is 7.59. The Bertz CT molecular complexity index is 3130. The minimum Gasteiger partial charge on any atom is -0.458 e. The summed E-state index contributed by atoms with van der Waals surface area (Å²) in [5.41, 5.74) is 5.24. The van der Waals surface area contributed by atoms with Crippen molar-refractivity contribution in [2.45, 2.75) is 26.2 Å². The van der Waals surface area contributed by atoms with Crippen LogP contribution in [0.15, 0.2) is 170 Å². The van der Waals surface area contributed by atoms with Crippen molar-refractivity contribution in [3.8, 4) is 28.8 Å². The maximum Gasteiger partial charge on any atom is 0.210 e. The lowest BCUT2D eigenvalue weighted by Gasteiger charge is -2.20. The van der Waals surface area contributed by atoms with Gasteiger partial charge >= 0.3 is 0 Å². The summed E-state index contributed by atoms with van der Waals surface area (Å²) in [4.78, 5) is 9.69. The average Bonchev–Trinajstić information content (AvgIpc) is 3.82. The molecule has 0 saturated carbocycles. The SMILES string of the molecule is CC(C)(C)c1ccnc(-n2c3ccccc3c3ccc(Oc4cccc(-n5[c-][n+]6ccnc-6c6ccccc6c6ccccc6c6ccccc65)c4)cc32)c1. The van der Waals surface area contributed by atoms with Gasteiger partial charge in [-0.3, -0.25) is 9.13 Å². The van der Waals surface area contributed by atoms with Crippen molar-refractivity contribution in [3.63, 3.8) is 0 Å². The van der Waals surface area contributed by atoms with Crippen LogP contribution in [-0.2, 0) is 5.41 Å². The lowest BCUT2D eigenvalue weighted by Crippen LogP contribution is -2.30. The highest BCUT2D eigenvalue weighted by molar-refractivity contribution is 6.14. The number of pyridine rings is 1. The van der Waals surface area contributed by atoms with Gasteiger partial charge in [0, 0.05) is 45.8 Å². The third-order valence-corrected chi connectivity index (χ3v) is 10.5. The van der Waals surface area contributed by atoms with Gasteiger partial charge in [-0.25, -0.2) is 4.98 Å². The molecule has 2 aliphatic rings. The van der Waals surface area contributed by atoms with Crippen molar-refractivity contribution in [2.75, 3.05) is 0 Å². The van der Waals surface area contributed by atoms with Crippen LogP contribution in [0.2, 0.25) is 0 Å². The second kappa shape index (κ2) is 12.8. The van der Waals surface area contributed by atoms with E-state index in [9.17, 15) is 0 Å². The van der Waals surface area contributed by atoms with Crippen LogP contribution in [0.5, 0.6) is 11.5 Å². The first kappa shape index (κ1) is 32.6. The van der Waals surface area contributed by atoms with Crippen LogP contribution < -0.4 is 9.30 Å². The van der Waals surface area contributed by atoms with E-state index in [1.54, 1.807) is 0 Å². The maximum atomic E-state index is 6.72. The lowest BCUT2D eigenvalue weighted by atomic mass is 9.88. The zero-order valence-corrected chi connectivity index (χ0v) is 30.8. The molecule has 4 heterocycles. The fourth-order valence-electron chi connectivity index (χ4n) is 7.79. The van der Waals surface area contributed by atoms with Gasteiger partial charge in [0.05, 0.1) is 17.2 Å². The minimum absolute atomic E-state index is 0.0106. The molecule has 0 aliphatic carbocycles. The van der Waals surface area contributed by atoms with Gasteiger partial charge in [0.1, 0.15) is 17.3 Å². The quantitative estimate of drug-likeness (QED) is 0.135. The van der Waals surface area contributed by atoms with E-state index < -0.39 is 0 Å². The van der Waals surface area contributed by atoms with Crippen molar-refractivity contribution < 1.29 is 9.30 Å². The molecule has 0 unspecified atom stereocenters. The van der Waals surface area contributed by atoms with E-state index in [0.29, 0.717) is 5.75 Å². The number of fused-ring (bicyclic) bond motifs is 10. The van der Waals surface area contributed by atoms with Crippen LogP contribution in [0.3, 0.4) is 0 Å². The van der Waals surface area contributed by atoms with E-state index in [4.69, 9.17) is 14.7 Å². The number of hydrogen-bond donors (Lipinski definition) is 0. The number of rotatable bonds is 4. The maximum absolute atomic E-state index is 6.72. The van der Waals surface area contributed by atoms with Crippen molar-refractivity contribution >= 4 is 54.3 Å². The zero-order chi connectivity index (χ0) is 37.1. The molecule has 6 nitrogen and oxygen atoms in total. The molecular weight excluding hydrogens is 675 g/mol. The number of hydrogen-bond acceptors (Lipinski definition) is 3. The second-order valence-electron chi connectivity index (χ2n) is 14.9. The Morgan fingerprint density at radius 3 is 1.91 bits per heavy atom. The highest BCUT2D eigenvalue weighted by Gasteiger charge is 2.19. The molecule has 2 aliphatic heterocycles. The first-order valence-corrected chi connectivity index (χ1v) is 18.6. The third kappa shape index (κ3) is 5.62. The molecule has 2 aromatic heterocycles. The van der Waals surface area contributed by atoms with E-state index >= 15 is 0 Å². The molecular formula is C49H37N5O. The van der Waals surface area contributed by atoms with E-state index in [-0.39, 0.29) is 5.41 Å². The fraction of sp³-hybridized carbons (Fsp3) is 0.0816. The van der Waals surface area contributed by atoms with Gasteiger partial charge in [-0.1, -0.05) is 124 Å². The predicted octanol–water partition coefficient (Wildman–Crippen LogP) is 11.6. The number of aromatic nitrogens is 5. The molecule has 0 atom stereocenters. The van der Waals surface area contributed by atoms with Crippen LogP contribution >= 0.6 is 0 Å². The lowest BCUT2D eigenvalue weighted by molar-refractivity contribution is -0.601. The molecule has 0 amide bonds. The van der Waals surface area contributed by atoms with Crippen LogP contribution in [0.1, 0.15) is 26.3 Å². The van der Waals surface area contributed by atoms with Crippen molar-refractivity contribution in [2.24, 2.45) is 0 Å².